The molecule has 1 aromatic carbocycles. The van der Waals surface area contributed by atoms with Crippen molar-refractivity contribution in [3.63, 3.8) is 0 Å². The van der Waals surface area contributed by atoms with Crippen molar-refractivity contribution in [1.82, 2.24) is 15.3 Å². The highest BCUT2D eigenvalue weighted by molar-refractivity contribution is 7.10. The SMILES string of the molecule is CCNc1ncc(C(=O)Nc2cccc(OC(CCNC)c3cccs3)c2)c(N2CCCC2)n1. The number of amides is 1. The number of aromatic nitrogens is 2. The summed E-state index contributed by atoms with van der Waals surface area (Å²) in [6, 6.07) is 11.7. The number of hydrogen-bond acceptors (Lipinski definition) is 8. The minimum atomic E-state index is -0.230. The molecule has 4 rings (SSSR count). The molecule has 3 N–H and O–H groups in total. The summed E-state index contributed by atoms with van der Waals surface area (Å²) in [7, 11) is 1.94. The lowest BCUT2D eigenvalue weighted by Crippen LogP contribution is -2.25. The maximum Gasteiger partial charge on any atom is 0.261 e. The van der Waals surface area contributed by atoms with E-state index in [1.54, 1.807) is 17.5 Å². The summed E-state index contributed by atoms with van der Waals surface area (Å²) in [5.74, 6) is 1.70. The molecule has 9 heteroatoms. The number of ether oxygens (including phenoxy) is 1. The number of anilines is 3. The molecule has 2 aromatic heterocycles. The first-order valence-electron chi connectivity index (χ1n) is 11.8. The van der Waals surface area contributed by atoms with E-state index in [0.29, 0.717) is 28.8 Å². The zero-order valence-corrected chi connectivity index (χ0v) is 20.5. The highest BCUT2D eigenvalue weighted by Crippen LogP contribution is 2.30. The van der Waals surface area contributed by atoms with E-state index >= 15 is 0 Å². The molecule has 34 heavy (non-hydrogen) atoms. The molecule has 0 saturated carbocycles. The number of carbonyl (C=O) groups is 1. The Balaban J connectivity index is 1.51. The van der Waals surface area contributed by atoms with Crippen molar-refractivity contribution >= 4 is 34.7 Å². The van der Waals surface area contributed by atoms with Crippen molar-refractivity contribution in [3.8, 4) is 5.75 Å². The smallest absolute Gasteiger partial charge is 0.261 e. The predicted octanol–water partition coefficient (Wildman–Crippen LogP) is 4.55. The lowest BCUT2D eigenvalue weighted by atomic mass is 10.2. The van der Waals surface area contributed by atoms with Crippen LogP contribution in [-0.4, -0.2) is 49.1 Å². The van der Waals surface area contributed by atoms with Crippen LogP contribution >= 0.6 is 11.3 Å². The van der Waals surface area contributed by atoms with E-state index in [1.807, 2.05) is 44.3 Å². The standard InChI is InChI=1S/C25H32N6O2S/c1-3-27-25-28-17-20(23(30-25)31-13-4-5-14-31)24(32)29-18-8-6-9-19(16-18)33-21(11-12-26-2)22-10-7-15-34-22/h6-10,15-17,21,26H,3-5,11-14H2,1-2H3,(H,29,32)(H,27,28,30). The van der Waals surface area contributed by atoms with Crippen LogP contribution in [0.25, 0.3) is 0 Å². The van der Waals surface area contributed by atoms with E-state index in [1.165, 1.54) is 4.88 Å². The van der Waals surface area contributed by atoms with Gasteiger partial charge in [0.25, 0.3) is 5.91 Å². The minimum Gasteiger partial charge on any atom is -0.485 e. The lowest BCUT2D eigenvalue weighted by molar-refractivity contribution is 0.102. The molecule has 0 radical (unpaired) electrons. The Bertz CT molecular complexity index is 1070. The summed E-state index contributed by atoms with van der Waals surface area (Å²) in [6.45, 7) is 5.35. The molecule has 1 atom stereocenters. The first-order chi connectivity index (χ1) is 16.7. The molecule has 3 aromatic rings. The van der Waals surface area contributed by atoms with Gasteiger partial charge in [0.15, 0.2) is 0 Å². The maximum absolute atomic E-state index is 13.2. The average molecular weight is 481 g/mol. The largest absolute Gasteiger partial charge is 0.485 e. The maximum atomic E-state index is 13.2. The van der Waals surface area contributed by atoms with Gasteiger partial charge in [0.05, 0.1) is 0 Å². The van der Waals surface area contributed by atoms with Crippen LogP contribution in [0.2, 0.25) is 0 Å². The van der Waals surface area contributed by atoms with E-state index in [0.717, 1.165) is 45.4 Å². The van der Waals surface area contributed by atoms with E-state index in [9.17, 15) is 4.79 Å². The summed E-state index contributed by atoms with van der Waals surface area (Å²) in [5, 5.41) is 11.4. The number of benzene rings is 1. The second-order valence-electron chi connectivity index (χ2n) is 8.15. The minimum absolute atomic E-state index is 0.0489. The fourth-order valence-electron chi connectivity index (χ4n) is 3.97. The second kappa shape index (κ2) is 11.8. The zero-order chi connectivity index (χ0) is 23.8. The van der Waals surface area contributed by atoms with Crippen molar-refractivity contribution in [2.24, 2.45) is 0 Å². The third-order valence-electron chi connectivity index (χ3n) is 5.64. The average Bonchev–Trinajstić information content (AvgIpc) is 3.57. The molecule has 180 valence electrons. The third kappa shape index (κ3) is 6.03. The van der Waals surface area contributed by atoms with E-state index in [4.69, 9.17) is 4.74 Å². The molecule has 0 spiro atoms. The van der Waals surface area contributed by atoms with Gasteiger partial charge in [0, 0.05) is 48.9 Å². The molecule has 1 unspecified atom stereocenters. The molecule has 1 saturated heterocycles. The van der Waals surface area contributed by atoms with Crippen LogP contribution in [0.15, 0.2) is 48.0 Å². The van der Waals surface area contributed by atoms with E-state index < -0.39 is 0 Å². The van der Waals surface area contributed by atoms with Crippen LogP contribution in [0.5, 0.6) is 5.75 Å². The van der Waals surface area contributed by atoms with Gasteiger partial charge in [0.2, 0.25) is 5.95 Å². The van der Waals surface area contributed by atoms with Crippen LogP contribution in [0.4, 0.5) is 17.5 Å². The number of nitrogens with one attached hydrogen (secondary N) is 3. The van der Waals surface area contributed by atoms with Gasteiger partial charge in [-0.2, -0.15) is 4.98 Å². The van der Waals surface area contributed by atoms with Gasteiger partial charge in [-0.15, -0.1) is 11.3 Å². The first-order valence-corrected chi connectivity index (χ1v) is 12.7. The van der Waals surface area contributed by atoms with Gasteiger partial charge in [-0.3, -0.25) is 4.79 Å². The fraction of sp³-hybridized carbons (Fsp3) is 0.400. The van der Waals surface area contributed by atoms with Gasteiger partial charge < -0.3 is 25.6 Å². The molecule has 1 amide bonds. The van der Waals surface area contributed by atoms with E-state index in [2.05, 4.69) is 42.3 Å². The first kappa shape index (κ1) is 24.0. The predicted molar refractivity (Wildman–Crippen MR) is 138 cm³/mol. The highest BCUT2D eigenvalue weighted by Gasteiger charge is 2.23. The molecular formula is C25H32N6O2S. The third-order valence-corrected chi connectivity index (χ3v) is 6.61. The normalized spacial score (nSPS) is 14.1. The molecule has 1 fully saturated rings. The van der Waals surface area contributed by atoms with Crippen LogP contribution in [0, 0.1) is 0 Å². The van der Waals surface area contributed by atoms with Crippen molar-refractivity contribution in [2.75, 3.05) is 48.8 Å². The Morgan fingerprint density at radius 3 is 2.82 bits per heavy atom. The topological polar surface area (TPSA) is 91.4 Å². The molecule has 1 aliphatic rings. The van der Waals surface area contributed by atoms with Crippen LogP contribution < -0.4 is 25.6 Å². The summed E-state index contributed by atoms with van der Waals surface area (Å²) in [5.41, 5.74) is 1.14. The van der Waals surface area contributed by atoms with Gasteiger partial charge in [0.1, 0.15) is 23.2 Å². The fourth-order valence-corrected chi connectivity index (χ4v) is 4.75. The Kier molecular flexibility index (Phi) is 8.32. The highest BCUT2D eigenvalue weighted by atomic mass is 32.1. The Morgan fingerprint density at radius 1 is 1.24 bits per heavy atom. The van der Waals surface area contributed by atoms with Crippen molar-refractivity contribution in [3.05, 3.63) is 58.4 Å². The lowest BCUT2D eigenvalue weighted by Gasteiger charge is -2.20. The molecule has 3 heterocycles. The Morgan fingerprint density at radius 2 is 2.09 bits per heavy atom. The molecule has 1 aliphatic heterocycles. The van der Waals surface area contributed by atoms with Crippen molar-refractivity contribution < 1.29 is 9.53 Å². The molecule has 0 aliphatic carbocycles. The number of nitrogens with zero attached hydrogens (tertiary/aromatic N) is 3. The summed E-state index contributed by atoms with van der Waals surface area (Å²) >= 11 is 1.68. The Hall–Kier alpha value is -3.17. The molecular weight excluding hydrogens is 448 g/mol. The summed E-state index contributed by atoms with van der Waals surface area (Å²) in [4.78, 5) is 25.5. The molecule has 8 nitrogen and oxygen atoms in total. The van der Waals surface area contributed by atoms with Crippen LogP contribution in [0.1, 0.15) is 47.5 Å². The van der Waals surface area contributed by atoms with Crippen LogP contribution in [-0.2, 0) is 0 Å². The zero-order valence-electron chi connectivity index (χ0n) is 19.7. The van der Waals surface area contributed by atoms with Gasteiger partial charge in [-0.1, -0.05) is 12.1 Å². The molecule has 0 bridgehead atoms. The number of carbonyl (C=O) groups excluding carboxylic acids is 1. The van der Waals surface area contributed by atoms with Crippen molar-refractivity contribution in [1.29, 1.82) is 0 Å². The summed E-state index contributed by atoms with van der Waals surface area (Å²) < 4.78 is 6.31. The van der Waals surface area contributed by atoms with Gasteiger partial charge in [-0.05, 0) is 56.9 Å². The summed E-state index contributed by atoms with van der Waals surface area (Å²) in [6.07, 6.45) is 4.60. The van der Waals surface area contributed by atoms with E-state index in [-0.39, 0.29) is 12.0 Å². The number of hydrogen-bond donors (Lipinski definition) is 3. The van der Waals surface area contributed by atoms with Gasteiger partial charge in [-0.25, -0.2) is 4.98 Å². The van der Waals surface area contributed by atoms with Crippen molar-refractivity contribution in [2.45, 2.75) is 32.3 Å². The quantitative estimate of drug-likeness (QED) is 0.371. The van der Waals surface area contributed by atoms with Crippen LogP contribution in [0.3, 0.4) is 0 Å². The second-order valence-corrected chi connectivity index (χ2v) is 9.13. The number of thiophene rings is 1. The monoisotopic (exact) mass is 480 g/mol. The number of rotatable bonds is 11. The Labute approximate surface area is 204 Å². The van der Waals surface area contributed by atoms with Gasteiger partial charge >= 0.3 is 0 Å².